The van der Waals surface area contributed by atoms with Crippen molar-refractivity contribution in [2.75, 3.05) is 27.3 Å². The summed E-state index contributed by atoms with van der Waals surface area (Å²) in [6, 6.07) is 9.08. The number of rotatable bonds is 5. The molecular formula is C16H26N2O2. The van der Waals surface area contributed by atoms with Crippen LogP contribution in [0, 0.1) is 0 Å². The van der Waals surface area contributed by atoms with Crippen molar-refractivity contribution in [3.63, 3.8) is 0 Å². The van der Waals surface area contributed by atoms with Crippen molar-refractivity contribution in [2.24, 2.45) is 5.73 Å². The van der Waals surface area contributed by atoms with E-state index in [-0.39, 0.29) is 0 Å². The average Bonchev–Trinajstić information content (AvgIpc) is 2.53. The minimum absolute atomic E-state index is 0.350. The van der Waals surface area contributed by atoms with E-state index in [4.69, 9.17) is 15.2 Å². The Morgan fingerprint density at radius 2 is 2.00 bits per heavy atom. The standard InChI is InChI=1S/C16H26N2O2/c1-12(13-4-6-15(19-2)7-5-13)18-9-8-16(20-3)10-14(18)11-17/h4-7,12,14,16H,8-11,17H2,1-3H3. The van der Waals surface area contributed by atoms with Crippen molar-refractivity contribution in [1.82, 2.24) is 4.90 Å². The Morgan fingerprint density at radius 3 is 2.55 bits per heavy atom. The van der Waals surface area contributed by atoms with E-state index in [1.54, 1.807) is 14.2 Å². The van der Waals surface area contributed by atoms with E-state index >= 15 is 0 Å². The highest BCUT2D eigenvalue weighted by Crippen LogP contribution is 2.29. The number of likely N-dealkylation sites (tertiary alicyclic amines) is 1. The van der Waals surface area contributed by atoms with Crippen LogP contribution >= 0.6 is 0 Å². The lowest BCUT2D eigenvalue weighted by molar-refractivity contribution is -0.00164. The molecule has 1 saturated heterocycles. The van der Waals surface area contributed by atoms with Crippen molar-refractivity contribution in [3.8, 4) is 5.75 Å². The maximum atomic E-state index is 5.95. The summed E-state index contributed by atoms with van der Waals surface area (Å²) in [5.41, 5.74) is 7.26. The van der Waals surface area contributed by atoms with Gasteiger partial charge in [0.2, 0.25) is 0 Å². The van der Waals surface area contributed by atoms with Crippen LogP contribution in [0.25, 0.3) is 0 Å². The summed E-state index contributed by atoms with van der Waals surface area (Å²) in [6.07, 6.45) is 2.45. The molecule has 4 nitrogen and oxygen atoms in total. The van der Waals surface area contributed by atoms with E-state index in [1.165, 1.54) is 5.56 Å². The van der Waals surface area contributed by atoms with Gasteiger partial charge in [-0.05, 0) is 37.5 Å². The van der Waals surface area contributed by atoms with Crippen molar-refractivity contribution >= 4 is 0 Å². The van der Waals surface area contributed by atoms with Crippen LogP contribution in [0.15, 0.2) is 24.3 Å². The fraction of sp³-hybridized carbons (Fsp3) is 0.625. The summed E-state index contributed by atoms with van der Waals surface area (Å²) >= 11 is 0. The van der Waals surface area contributed by atoms with E-state index in [9.17, 15) is 0 Å². The Labute approximate surface area is 121 Å². The number of methoxy groups -OCH3 is 2. The molecule has 1 aliphatic heterocycles. The molecule has 1 heterocycles. The average molecular weight is 278 g/mol. The maximum Gasteiger partial charge on any atom is 0.118 e. The van der Waals surface area contributed by atoms with Gasteiger partial charge in [0.15, 0.2) is 0 Å². The predicted molar refractivity (Wildman–Crippen MR) is 81.0 cm³/mol. The zero-order chi connectivity index (χ0) is 14.5. The molecule has 1 fully saturated rings. The number of nitrogens with zero attached hydrogens (tertiary/aromatic N) is 1. The van der Waals surface area contributed by atoms with E-state index in [0.717, 1.165) is 25.1 Å². The van der Waals surface area contributed by atoms with Gasteiger partial charge in [0, 0.05) is 32.3 Å². The largest absolute Gasteiger partial charge is 0.497 e. The quantitative estimate of drug-likeness (QED) is 0.897. The minimum atomic E-state index is 0.350. The second kappa shape index (κ2) is 7.07. The first kappa shape index (κ1) is 15.3. The molecule has 1 aromatic rings. The SMILES string of the molecule is COc1ccc(C(C)N2CCC(OC)CC2CN)cc1. The van der Waals surface area contributed by atoms with Crippen molar-refractivity contribution in [1.29, 1.82) is 0 Å². The van der Waals surface area contributed by atoms with Crippen LogP contribution in [0.2, 0.25) is 0 Å². The lowest BCUT2D eigenvalue weighted by atomic mass is 9.95. The molecular weight excluding hydrogens is 252 g/mol. The molecule has 2 N–H and O–H groups in total. The molecule has 1 aliphatic rings. The maximum absolute atomic E-state index is 5.95. The van der Waals surface area contributed by atoms with Crippen LogP contribution in [-0.4, -0.2) is 44.4 Å². The minimum Gasteiger partial charge on any atom is -0.497 e. The first-order chi connectivity index (χ1) is 9.69. The molecule has 4 heteroatoms. The topological polar surface area (TPSA) is 47.7 Å². The van der Waals surface area contributed by atoms with Crippen LogP contribution in [0.3, 0.4) is 0 Å². The molecule has 0 radical (unpaired) electrons. The summed E-state index contributed by atoms with van der Waals surface area (Å²) in [5.74, 6) is 0.898. The highest BCUT2D eigenvalue weighted by Gasteiger charge is 2.30. The third-order valence-electron chi connectivity index (χ3n) is 4.41. The van der Waals surface area contributed by atoms with Gasteiger partial charge in [0.1, 0.15) is 5.75 Å². The van der Waals surface area contributed by atoms with Gasteiger partial charge in [-0.2, -0.15) is 0 Å². The fourth-order valence-electron chi connectivity index (χ4n) is 3.06. The Morgan fingerprint density at radius 1 is 1.30 bits per heavy atom. The molecule has 2 rings (SSSR count). The molecule has 0 amide bonds. The van der Waals surface area contributed by atoms with Crippen LogP contribution in [-0.2, 0) is 4.74 Å². The molecule has 3 atom stereocenters. The summed E-state index contributed by atoms with van der Waals surface area (Å²) in [5, 5.41) is 0. The lowest BCUT2D eigenvalue weighted by Gasteiger charge is -2.42. The summed E-state index contributed by atoms with van der Waals surface area (Å²) in [4.78, 5) is 2.50. The van der Waals surface area contributed by atoms with E-state index in [0.29, 0.717) is 24.7 Å². The number of benzene rings is 1. The summed E-state index contributed by atoms with van der Waals surface area (Å²) in [7, 11) is 3.49. The normalized spacial score (nSPS) is 25.4. The number of nitrogens with two attached hydrogens (primary N) is 1. The molecule has 20 heavy (non-hydrogen) atoms. The highest BCUT2D eigenvalue weighted by molar-refractivity contribution is 5.29. The second-order valence-electron chi connectivity index (χ2n) is 5.46. The van der Waals surface area contributed by atoms with Gasteiger partial charge in [-0.25, -0.2) is 0 Å². The van der Waals surface area contributed by atoms with Crippen molar-refractivity contribution < 1.29 is 9.47 Å². The monoisotopic (exact) mass is 278 g/mol. The van der Waals surface area contributed by atoms with Crippen LogP contribution in [0.1, 0.15) is 31.4 Å². The van der Waals surface area contributed by atoms with Crippen LogP contribution < -0.4 is 10.5 Å². The zero-order valence-corrected chi connectivity index (χ0v) is 12.7. The molecule has 0 aliphatic carbocycles. The summed E-state index contributed by atoms with van der Waals surface area (Å²) in [6.45, 7) is 3.96. The number of ether oxygens (including phenoxy) is 2. The number of hydrogen-bond acceptors (Lipinski definition) is 4. The van der Waals surface area contributed by atoms with E-state index in [2.05, 4.69) is 24.0 Å². The van der Waals surface area contributed by atoms with Gasteiger partial charge < -0.3 is 15.2 Å². The predicted octanol–water partition coefficient (Wildman–Crippen LogP) is 2.19. The van der Waals surface area contributed by atoms with Gasteiger partial charge in [0.25, 0.3) is 0 Å². The molecule has 0 spiro atoms. The molecule has 1 aromatic carbocycles. The summed E-state index contributed by atoms with van der Waals surface area (Å²) < 4.78 is 10.7. The Bertz CT molecular complexity index is 407. The third-order valence-corrected chi connectivity index (χ3v) is 4.41. The second-order valence-corrected chi connectivity index (χ2v) is 5.46. The lowest BCUT2D eigenvalue weighted by Crippen LogP contribution is -2.49. The smallest absolute Gasteiger partial charge is 0.118 e. The molecule has 3 unspecified atom stereocenters. The van der Waals surface area contributed by atoms with Gasteiger partial charge in [0.05, 0.1) is 13.2 Å². The highest BCUT2D eigenvalue weighted by atomic mass is 16.5. The Hall–Kier alpha value is -1.10. The number of piperidine rings is 1. The first-order valence-electron chi connectivity index (χ1n) is 7.32. The van der Waals surface area contributed by atoms with Gasteiger partial charge in [-0.15, -0.1) is 0 Å². The van der Waals surface area contributed by atoms with Crippen LogP contribution in [0.5, 0.6) is 5.75 Å². The van der Waals surface area contributed by atoms with Gasteiger partial charge in [-0.1, -0.05) is 12.1 Å². The van der Waals surface area contributed by atoms with Crippen LogP contribution in [0.4, 0.5) is 0 Å². The van der Waals surface area contributed by atoms with E-state index in [1.807, 2.05) is 12.1 Å². The Balaban J connectivity index is 2.08. The van der Waals surface area contributed by atoms with E-state index < -0.39 is 0 Å². The fourth-order valence-corrected chi connectivity index (χ4v) is 3.06. The third kappa shape index (κ3) is 3.32. The molecule has 112 valence electrons. The molecule has 0 bridgehead atoms. The first-order valence-corrected chi connectivity index (χ1v) is 7.32. The van der Waals surface area contributed by atoms with Crippen molar-refractivity contribution in [3.05, 3.63) is 29.8 Å². The Kier molecular flexibility index (Phi) is 5.40. The van der Waals surface area contributed by atoms with Gasteiger partial charge >= 0.3 is 0 Å². The molecule has 0 aromatic heterocycles. The molecule has 0 saturated carbocycles. The number of hydrogen-bond donors (Lipinski definition) is 1. The van der Waals surface area contributed by atoms with Crippen molar-refractivity contribution in [2.45, 2.75) is 38.0 Å². The van der Waals surface area contributed by atoms with Gasteiger partial charge in [-0.3, -0.25) is 4.90 Å². The zero-order valence-electron chi connectivity index (χ0n) is 12.7.